The van der Waals surface area contributed by atoms with Crippen molar-refractivity contribution in [1.82, 2.24) is 4.90 Å². The van der Waals surface area contributed by atoms with E-state index in [-0.39, 0.29) is 65.9 Å². The van der Waals surface area contributed by atoms with E-state index in [2.05, 4.69) is 0 Å². The number of carbonyl (C=O) groups excluding carboxylic acids is 4. The van der Waals surface area contributed by atoms with Gasteiger partial charge in [0.15, 0.2) is 5.78 Å². The molecule has 0 aliphatic carbocycles. The van der Waals surface area contributed by atoms with E-state index in [4.69, 9.17) is 4.74 Å². The Morgan fingerprint density at radius 2 is 1.81 bits per heavy atom. The summed E-state index contributed by atoms with van der Waals surface area (Å²) in [7, 11) is 0. The summed E-state index contributed by atoms with van der Waals surface area (Å²) in [6, 6.07) is 0. The summed E-state index contributed by atoms with van der Waals surface area (Å²) >= 11 is 0. The lowest BCUT2D eigenvalue weighted by atomic mass is 9.80. The van der Waals surface area contributed by atoms with E-state index < -0.39 is 0 Å². The van der Waals surface area contributed by atoms with Gasteiger partial charge in [0.2, 0.25) is 11.8 Å². The van der Waals surface area contributed by atoms with Gasteiger partial charge >= 0.3 is 0 Å². The number of Topliss-reactive ketones (excluding diaryl/α,β-unsaturated/α-hetero) is 2. The van der Waals surface area contributed by atoms with Crippen LogP contribution in [0.1, 0.15) is 60.8 Å². The van der Waals surface area contributed by atoms with Crippen molar-refractivity contribution in [1.29, 1.82) is 0 Å². The molecule has 2 atom stereocenters. The van der Waals surface area contributed by atoms with Gasteiger partial charge in [0.25, 0.3) is 0 Å². The van der Waals surface area contributed by atoms with Crippen LogP contribution in [0.2, 0.25) is 0 Å². The van der Waals surface area contributed by atoms with Crippen LogP contribution in [0.4, 0.5) is 0 Å². The zero-order valence-corrected chi connectivity index (χ0v) is 17.0. The number of ketones is 2. The summed E-state index contributed by atoms with van der Waals surface area (Å²) in [6.45, 7) is 12.0. The molecule has 0 aromatic carbocycles. The van der Waals surface area contributed by atoms with E-state index in [0.29, 0.717) is 19.6 Å². The summed E-state index contributed by atoms with van der Waals surface area (Å²) in [5.41, 5.74) is -0.293. The van der Waals surface area contributed by atoms with Gasteiger partial charge in [-0.1, -0.05) is 41.5 Å². The highest BCUT2D eigenvalue weighted by Crippen LogP contribution is 2.35. The molecule has 148 valence electrons. The standard InChI is InChI=1S/C20H33NO5/c1-13(2)17(23)7-8-26-12-14(3)9-15(22)11-21-18(24)10-16(19(21)25)20(4,5)6/h13-14,16H,7-12H2,1-6H3. The van der Waals surface area contributed by atoms with Crippen LogP contribution >= 0.6 is 0 Å². The maximum Gasteiger partial charge on any atom is 0.233 e. The van der Waals surface area contributed by atoms with Gasteiger partial charge in [0.05, 0.1) is 19.1 Å². The molecular formula is C20H33NO5. The van der Waals surface area contributed by atoms with E-state index in [9.17, 15) is 19.2 Å². The van der Waals surface area contributed by atoms with E-state index in [1.807, 2.05) is 41.5 Å². The van der Waals surface area contributed by atoms with Gasteiger partial charge in [0.1, 0.15) is 5.78 Å². The van der Waals surface area contributed by atoms with Crippen molar-refractivity contribution in [2.45, 2.75) is 60.8 Å². The lowest BCUT2D eigenvalue weighted by molar-refractivity contribution is -0.143. The lowest BCUT2D eigenvalue weighted by Gasteiger charge is -2.24. The Morgan fingerprint density at radius 1 is 1.19 bits per heavy atom. The number of hydrogen-bond donors (Lipinski definition) is 0. The fourth-order valence-corrected chi connectivity index (χ4v) is 2.96. The molecule has 1 aliphatic rings. The molecule has 2 amide bonds. The Hall–Kier alpha value is -1.56. The minimum atomic E-state index is -0.359. The van der Waals surface area contributed by atoms with E-state index in [0.717, 1.165) is 4.90 Å². The van der Waals surface area contributed by atoms with Gasteiger partial charge in [-0.2, -0.15) is 0 Å². The number of ether oxygens (including phenoxy) is 1. The van der Waals surface area contributed by atoms with Crippen LogP contribution in [0.15, 0.2) is 0 Å². The monoisotopic (exact) mass is 367 g/mol. The van der Waals surface area contributed by atoms with E-state index in [1.165, 1.54) is 0 Å². The van der Waals surface area contributed by atoms with Crippen molar-refractivity contribution in [2.24, 2.45) is 23.2 Å². The lowest BCUT2D eigenvalue weighted by Crippen LogP contribution is -2.38. The Bertz CT molecular complexity index is 547. The molecule has 0 saturated carbocycles. The third-order valence-corrected chi connectivity index (χ3v) is 4.74. The second-order valence-corrected chi connectivity index (χ2v) is 8.73. The molecule has 1 aliphatic heterocycles. The quantitative estimate of drug-likeness (QED) is 0.438. The molecule has 6 nitrogen and oxygen atoms in total. The van der Waals surface area contributed by atoms with Gasteiger partial charge in [-0.15, -0.1) is 0 Å². The molecule has 0 radical (unpaired) electrons. The predicted molar refractivity (Wildman–Crippen MR) is 98.4 cm³/mol. The second-order valence-electron chi connectivity index (χ2n) is 8.73. The molecule has 1 saturated heterocycles. The Balaban J connectivity index is 2.38. The van der Waals surface area contributed by atoms with Crippen molar-refractivity contribution >= 4 is 23.4 Å². The number of carbonyl (C=O) groups is 4. The van der Waals surface area contributed by atoms with Gasteiger partial charge in [-0.05, 0) is 11.3 Å². The molecule has 0 aromatic heterocycles. The van der Waals surface area contributed by atoms with E-state index >= 15 is 0 Å². The van der Waals surface area contributed by atoms with Gasteiger partial charge < -0.3 is 4.74 Å². The number of nitrogens with zero attached hydrogens (tertiary/aromatic N) is 1. The van der Waals surface area contributed by atoms with Crippen molar-refractivity contribution in [3.63, 3.8) is 0 Å². The van der Waals surface area contributed by atoms with Crippen LogP contribution in [0, 0.1) is 23.2 Å². The zero-order chi connectivity index (χ0) is 20.1. The first kappa shape index (κ1) is 22.5. The van der Waals surface area contributed by atoms with Crippen molar-refractivity contribution in [3.8, 4) is 0 Å². The summed E-state index contributed by atoms with van der Waals surface area (Å²) < 4.78 is 5.47. The molecule has 26 heavy (non-hydrogen) atoms. The first-order chi connectivity index (χ1) is 11.9. The summed E-state index contributed by atoms with van der Waals surface area (Å²) in [4.78, 5) is 49.3. The fraction of sp³-hybridized carbons (Fsp3) is 0.800. The van der Waals surface area contributed by atoms with Crippen LogP contribution in [-0.2, 0) is 23.9 Å². The summed E-state index contributed by atoms with van der Waals surface area (Å²) in [5, 5.41) is 0. The number of imide groups is 1. The highest BCUT2D eigenvalue weighted by atomic mass is 16.5. The van der Waals surface area contributed by atoms with Gasteiger partial charge in [0, 0.05) is 31.8 Å². The second kappa shape index (κ2) is 9.40. The fourth-order valence-electron chi connectivity index (χ4n) is 2.96. The summed E-state index contributed by atoms with van der Waals surface area (Å²) in [5.74, 6) is -0.870. The molecule has 0 bridgehead atoms. The van der Waals surface area contributed by atoms with Crippen LogP contribution in [0.3, 0.4) is 0 Å². The Morgan fingerprint density at radius 3 is 2.31 bits per heavy atom. The molecule has 0 aromatic rings. The highest BCUT2D eigenvalue weighted by Gasteiger charge is 2.44. The maximum absolute atomic E-state index is 12.4. The average Bonchev–Trinajstić information content (AvgIpc) is 2.79. The topological polar surface area (TPSA) is 80.8 Å². The van der Waals surface area contributed by atoms with Crippen molar-refractivity contribution in [3.05, 3.63) is 0 Å². The number of likely N-dealkylation sites (tertiary alicyclic amines) is 1. The van der Waals surface area contributed by atoms with Gasteiger partial charge in [-0.3, -0.25) is 24.1 Å². The Kier molecular flexibility index (Phi) is 8.13. The molecule has 2 unspecified atom stereocenters. The average molecular weight is 367 g/mol. The van der Waals surface area contributed by atoms with Crippen molar-refractivity contribution < 1.29 is 23.9 Å². The van der Waals surface area contributed by atoms with Crippen LogP contribution in [-0.4, -0.2) is 48.0 Å². The van der Waals surface area contributed by atoms with Crippen LogP contribution in [0.5, 0.6) is 0 Å². The van der Waals surface area contributed by atoms with Crippen LogP contribution in [0.25, 0.3) is 0 Å². The first-order valence-electron chi connectivity index (χ1n) is 9.39. The Labute approximate surface area is 156 Å². The molecule has 0 spiro atoms. The molecule has 1 rings (SSSR count). The predicted octanol–water partition coefficient (Wildman–Crippen LogP) is 2.63. The maximum atomic E-state index is 12.4. The van der Waals surface area contributed by atoms with Crippen LogP contribution < -0.4 is 0 Å². The number of hydrogen-bond acceptors (Lipinski definition) is 5. The molecule has 6 heteroatoms. The normalized spacial score (nSPS) is 19.3. The molecule has 0 N–H and O–H groups in total. The first-order valence-corrected chi connectivity index (χ1v) is 9.39. The number of rotatable bonds is 10. The molecular weight excluding hydrogens is 334 g/mol. The minimum absolute atomic E-state index is 0.00469. The third kappa shape index (κ3) is 6.63. The number of amides is 2. The molecule has 1 fully saturated rings. The highest BCUT2D eigenvalue weighted by molar-refractivity contribution is 6.06. The van der Waals surface area contributed by atoms with Crippen molar-refractivity contribution in [2.75, 3.05) is 19.8 Å². The zero-order valence-electron chi connectivity index (χ0n) is 17.0. The summed E-state index contributed by atoms with van der Waals surface area (Å²) in [6.07, 6.45) is 0.802. The van der Waals surface area contributed by atoms with E-state index in [1.54, 1.807) is 0 Å². The largest absolute Gasteiger partial charge is 0.381 e. The smallest absolute Gasteiger partial charge is 0.233 e. The third-order valence-electron chi connectivity index (χ3n) is 4.74. The molecule has 1 heterocycles. The minimum Gasteiger partial charge on any atom is -0.381 e. The van der Waals surface area contributed by atoms with Gasteiger partial charge in [-0.25, -0.2) is 0 Å². The SMILES string of the molecule is CC(COCCC(=O)C(C)C)CC(=O)CN1C(=O)CC(C(C)(C)C)C1=O.